The molecule has 1 aromatic carbocycles. The molecule has 0 radical (unpaired) electrons. The number of amides is 1. The maximum Gasteiger partial charge on any atom is 0.330 e. The number of ether oxygens (including phenoxy) is 1. The van der Waals surface area contributed by atoms with Gasteiger partial charge in [0.2, 0.25) is 0 Å². The number of carbonyl (C=O) groups excluding carboxylic acids is 2. The van der Waals surface area contributed by atoms with E-state index in [1.54, 1.807) is 55.6 Å². The fourth-order valence-corrected chi connectivity index (χ4v) is 1.73. The van der Waals surface area contributed by atoms with Crippen LogP contribution < -0.4 is 5.32 Å². The van der Waals surface area contributed by atoms with E-state index in [4.69, 9.17) is 4.74 Å². The van der Waals surface area contributed by atoms with E-state index in [9.17, 15) is 9.59 Å². The first-order valence-corrected chi connectivity index (χ1v) is 6.85. The molecule has 0 fully saturated rings. The summed E-state index contributed by atoms with van der Waals surface area (Å²) < 4.78 is 4.80. The minimum atomic E-state index is -0.378. The Morgan fingerprint density at radius 3 is 2.64 bits per heavy atom. The first-order valence-electron chi connectivity index (χ1n) is 6.85. The van der Waals surface area contributed by atoms with E-state index in [1.165, 1.54) is 12.3 Å². The van der Waals surface area contributed by atoms with Crippen LogP contribution in [0.1, 0.15) is 22.8 Å². The van der Waals surface area contributed by atoms with Crippen molar-refractivity contribution in [1.29, 1.82) is 0 Å². The number of rotatable bonds is 5. The van der Waals surface area contributed by atoms with E-state index in [0.717, 1.165) is 5.56 Å². The Balaban J connectivity index is 1.97. The van der Waals surface area contributed by atoms with Gasteiger partial charge in [-0.1, -0.05) is 12.1 Å². The maximum absolute atomic E-state index is 12.0. The molecule has 0 atom stereocenters. The summed E-state index contributed by atoms with van der Waals surface area (Å²) in [6.45, 7) is 2.11. The lowest BCUT2D eigenvalue weighted by Crippen LogP contribution is -2.11. The minimum absolute atomic E-state index is 0.220. The Morgan fingerprint density at radius 2 is 2.00 bits per heavy atom. The molecule has 22 heavy (non-hydrogen) atoms. The van der Waals surface area contributed by atoms with Crippen LogP contribution in [-0.4, -0.2) is 23.5 Å². The molecular weight excluding hydrogens is 280 g/mol. The van der Waals surface area contributed by atoms with E-state index < -0.39 is 0 Å². The van der Waals surface area contributed by atoms with Crippen molar-refractivity contribution < 1.29 is 14.3 Å². The van der Waals surface area contributed by atoms with Crippen molar-refractivity contribution in [2.75, 3.05) is 11.9 Å². The van der Waals surface area contributed by atoms with Gasteiger partial charge in [-0.15, -0.1) is 0 Å². The van der Waals surface area contributed by atoms with Crippen LogP contribution in [0.15, 0.2) is 54.9 Å². The maximum atomic E-state index is 12.0. The number of benzene rings is 1. The first-order chi connectivity index (χ1) is 10.7. The molecule has 0 saturated heterocycles. The van der Waals surface area contributed by atoms with Crippen molar-refractivity contribution in [2.45, 2.75) is 6.92 Å². The third-order valence-electron chi connectivity index (χ3n) is 2.79. The summed E-state index contributed by atoms with van der Waals surface area (Å²) in [5.41, 5.74) is 2.00. The molecule has 0 aliphatic carbocycles. The number of aromatic nitrogens is 1. The molecule has 2 aromatic rings. The molecule has 1 amide bonds. The Labute approximate surface area is 128 Å². The smallest absolute Gasteiger partial charge is 0.330 e. The molecule has 1 N–H and O–H groups in total. The Morgan fingerprint density at radius 1 is 1.23 bits per heavy atom. The molecule has 0 saturated carbocycles. The van der Waals surface area contributed by atoms with E-state index in [2.05, 4.69) is 10.3 Å². The molecule has 5 nitrogen and oxygen atoms in total. The minimum Gasteiger partial charge on any atom is -0.463 e. The zero-order valence-corrected chi connectivity index (χ0v) is 12.2. The van der Waals surface area contributed by atoms with E-state index in [1.807, 2.05) is 0 Å². The summed E-state index contributed by atoms with van der Waals surface area (Å²) in [6.07, 6.45) is 6.14. The van der Waals surface area contributed by atoms with E-state index >= 15 is 0 Å². The molecule has 2 rings (SSSR count). The van der Waals surface area contributed by atoms with Gasteiger partial charge in [-0.25, -0.2) is 4.79 Å². The van der Waals surface area contributed by atoms with Crippen molar-refractivity contribution >= 4 is 23.6 Å². The third-order valence-corrected chi connectivity index (χ3v) is 2.79. The molecule has 0 aliphatic rings. The summed E-state index contributed by atoms with van der Waals surface area (Å²) in [7, 11) is 0. The second-order valence-electron chi connectivity index (χ2n) is 4.40. The highest BCUT2D eigenvalue weighted by Gasteiger charge is 2.05. The summed E-state index contributed by atoms with van der Waals surface area (Å²) in [6, 6.07) is 10.5. The standard InChI is InChI=1S/C17H16N2O3/c1-2-22-16(20)10-7-13-5-8-15(9-6-13)19-17(21)14-4-3-11-18-12-14/h3-12H,2H2,1H3,(H,19,21)/b10-7+. The third kappa shape index (κ3) is 4.56. The van der Waals surface area contributed by atoms with Gasteiger partial charge >= 0.3 is 5.97 Å². The largest absolute Gasteiger partial charge is 0.463 e. The Hall–Kier alpha value is -2.95. The van der Waals surface area contributed by atoms with E-state index in [-0.39, 0.29) is 11.9 Å². The first kappa shape index (κ1) is 15.4. The van der Waals surface area contributed by atoms with Crippen LogP contribution in [0.5, 0.6) is 0 Å². The van der Waals surface area contributed by atoms with Crippen LogP contribution in [0.4, 0.5) is 5.69 Å². The number of nitrogens with zero attached hydrogens (tertiary/aromatic N) is 1. The second-order valence-corrected chi connectivity index (χ2v) is 4.40. The summed E-state index contributed by atoms with van der Waals surface area (Å²) in [4.78, 5) is 27.1. The molecule has 0 aliphatic heterocycles. The van der Waals surface area contributed by atoms with Crippen molar-refractivity contribution in [3.63, 3.8) is 0 Å². The number of anilines is 1. The normalized spacial score (nSPS) is 10.4. The number of nitrogens with one attached hydrogen (secondary N) is 1. The molecule has 1 aromatic heterocycles. The summed E-state index contributed by atoms with van der Waals surface area (Å²) in [5.74, 6) is -0.598. The van der Waals surface area contributed by atoms with Gasteiger partial charge in [0.15, 0.2) is 0 Å². The molecule has 0 bridgehead atoms. The van der Waals surface area contributed by atoms with Crippen molar-refractivity contribution in [2.24, 2.45) is 0 Å². The summed E-state index contributed by atoms with van der Waals surface area (Å²) in [5, 5.41) is 2.78. The van der Waals surface area contributed by atoms with Crippen molar-refractivity contribution in [3.8, 4) is 0 Å². The van der Waals surface area contributed by atoms with Gasteiger partial charge in [0.1, 0.15) is 0 Å². The zero-order chi connectivity index (χ0) is 15.8. The van der Waals surface area contributed by atoms with Crippen LogP contribution in [-0.2, 0) is 9.53 Å². The van der Waals surface area contributed by atoms with Crippen molar-refractivity contribution in [3.05, 3.63) is 66.0 Å². The topological polar surface area (TPSA) is 68.3 Å². The SMILES string of the molecule is CCOC(=O)/C=C/c1ccc(NC(=O)c2cccnc2)cc1. The number of hydrogen-bond acceptors (Lipinski definition) is 4. The van der Waals surface area contributed by atoms with Gasteiger partial charge in [0.25, 0.3) is 5.91 Å². The average molecular weight is 296 g/mol. The monoisotopic (exact) mass is 296 g/mol. The highest BCUT2D eigenvalue weighted by Crippen LogP contribution is 2.12. The number of hydrogen-bond donors (Lipinski definition) is 1. The molecule has 5 heteroatoms. The van der Waals surface area contributed by atoms with Crippen LogP contribution >= 0.6 is 0 Å². The molecule has 112 valence electrons. The molecular formula is C17H16N2O3. The number of pyridine rings is 1. The Kier molecular flexibility index (Phi) is 5.43. The van der Waals surface area contributed by atoms with Gasteiger partial charge in [0, 0.05) is 24.2 Å². The van der Waals surface area contributed by atoms with Crippen LogP contribution in [0.2, 0.25) is 0 Å². The lowest BCUT2D eigenvalue weighted by molar-refractivity contribution is -0.137. The molecule has 0 spiro atoms. The second kappa shape index (κ2) is 7.73. The average Bonchev–Trinajstić information content (AvgIpc) is 2.55. The fraction of sp³-hybridized carbons (Fsp3) is 0.118. The van der Waals surface area contributed by atoms with Gasteiger partial charge in [-0.05, 0) is 42.8 Å². The quantitative estimate of drug-likeness (QED) is 0.680. The predicted octanol–water partition coefficient (Wildman–Crippen LogP) is 2.91. The van der Waals surface area contributed by atoms with Crippen LogP contribution in [0, 0.1) is 0 Å². The lowest BCUT2D eigenvalue weighted by atomic mass is 10.2. The Bertz CT molecular complexity index is 664. The van der Waals surface area contributed by atoms with Crippen LogP contribution in [0.25, 0.3) is 6.08 Å². The molecule has 0 unspecified atom stereocenters. The van der Waals surface area contributed by atoms with Gasteiger partial charge in [0.05, 0.1) is 12.2 Å². The number of carbonyl (C=O) groups is 2. The predicted molar refractivity (Wildman–Crippen MR) is 84.3 cm³/mol. The molecule has 1 heterocycles. The number of esters is 1. The zero-order valence-electron chi connectivity index (χ0n) is 12.2. The van der Waals surface area contributed by atoms with Crippen LogP contribution in [0.3, 0.4) is 0 Å². The highest BCUT2D eigenvalue weighted by molar-refractivity contribution is 6.04. The lowest BCUT2D eigenvalue weighted by Gasteiger charge is -2.05. The van der Waals surface area contributed by atoms with Crippen molar-refractivity contribution in [1.82, 2.24) is 4.98 Å². The highest BCUT2D eigenvalue weighted by atomic mass is 16.5. The van der Waals surface area contributed by atoms with Gasteiger partial charge < -0.3 is 10.1 Å². The fourth-order valence-electron chi connectivity index (χ4n) is 1.73. The van der Waals surface area contributed by atoms with Gasteiger partial charge in [-0.3, -0.25) is 9.78 Å². The van der Waals surface area contributed by atoms with Gasteiger partial charge in [-0.2, -0.15) is 0 Å². The summed E-state index contributed by atoms with van der Waals surface area (Å²) >= 11 is 0. The van der Waals surface area contributed by atoms with E-state index in [0.29, 0.717) is 17.9 Å².